The molecular formula is C15H19ClN2O. The average molecular weight is 279 g/mol. The number of ether oxygens (including phenoxy) is 1. The number of aromatic amines is 1. The van der Waals surface area contributed by atoms with E-state index in [1.165, 1.54) is 17.4 Å². The molecule has 1 unspecified atom stereocenters. The Hall–Kier alpha value is -1.03. The van der Waals surface area contributed by atoms with Crippen molar-refractivity contribution in [2.75, 3.05) is 13.2 Å². The summed E-state index contributed by atoms with van der Waals surface area (Å²) in [6.07, 6.45) is 4.36. The van der Waals surface area contributed by atoms with Gasteiger partial charge >= 0.3 is 0 Å². The average Bonchev–Trinajstić information content (AvgIpc) is 2.79. The summed E-state index contributed by atoms with van der Waals surface area (Å²) >= 11 is 6.00. The number of hydrogen-bond donors (Lipinski definition) is 2. The molecule has 102 valence electrons. The molecule has 4 heteroatoms. The second-order valence-electron chi connectivity index (χ2n) is 5.57. The molecule has 1 aromatic heterocycles. The van der Waals surface area contributed by atoms with Gasteiger partial charge in [0.05, 0.1) is 6.61 Å². The maximum absolute atomic E-state index is 6.00. The highest BCUT2D eigenvalue weighted by Gasteiger charge is 2.26. The van der Waals surface area contributed by atoms with Crippen LogP contribution in [-0.4, -0.2) is 23.7 Å². The number of benzene rings is 1. The molecule has 2 heterocycles. The molecule has 1 saturated heterocycles. The molecule has 1 fully saturated rings. The van der Waals surface area contributed by atoms with E-state index >= 15 is 0 Å². The lowest BCUT2D eigenvalue weighted by atomic mass is 9.94. The third-order valence-corrected chi connectivity index (χ3v) is 4.11. The molecule has 3 nitrogen and oxygen atoms in total. The van der Waals surface area contributed by atoms with Crippen LogP contribution in [0.5, 0.6) is 0 Å². The second-order valence-corrected chi connectivity index (χ2v) is 6.01. The first-order chi connectivity index (χ1) is 9.16. The molecule has 2 N–H and O–H groups in total. The van der Waals surface area contributed by atoms with E-state index in [4.69, 9.17) is 16.3 Å². The standard InChI is InChI=1S/C15H19ClN2O/c1-15(5-2-6-19-10-15)18-9-11-8-17-14-7-12(16)3-4-13(11)14/h3-4,7-8,17-18H,2,5-6,9-10H2,1H3. The van der Waals surface area contributed by atoms with E-state index in [0.717, 1.165) is 36.7 Å². The highest BCUT2D eigenvalue weighted by Crippen LogP contribution is 2.24. The van der Waals surface area contributed by atoms with Crippen molar-refractivity contribution in [3.8, 4) is 0 Å². The number of rotatable bonds is 3. The van der Waals surface area contributed by atoms with Crippen molar-refractivity contribution in [3.63, 3.8) is 0 Å². The molecule has 0 amide bonds. The summed E-state index contributed by atoms with van der Waals surface area (Å²) in [5.74, 6) is 0. The number of H-pyrrole nitrogens is 1. The molecule has 1 aromatic carbocycles. The molecule has 1 aliphatic rings. The molecular weight excluding hydrogens is 260 g/mol. The molecule has 1 aliphatic heterocycles. The first kappa shape index (κ1) is 13.0. The van der Waals surface area contributed by atoms with Crippen molar-refractivity contribution in [2.24, 2.45) is 0 Å². The molecule has 0 spiro atoms. The molecule has 3 rings (SSSR count). The summed E-state index contributed by atoms with van der Waals surface area (Å²) in [6.45, 7) is 4.77. The number of fused-ring (bicyclic) bond motifs is 1. The van der Waals surface area contributed by atoms with Crippen LogP contribution in [0.3, 0.4) is 0 Å². The first-order valence-corrected chi connectivity index (χ1v) is 7.12. The summed E-state index contributed by atoms with van der Waals surface area (Å²) in [5, 5.41) is 5.63. The Morgan fingerprint density at radius 1 is 1.47 bits per heavy atom. The molecule has 0 aliphatic carbocycles. The van der Waals surface area contributed by atoms with Gasteiger partial charge in [-0.2, -0.15) is 0 Å². The fourth-order valence-electron chi connectivity index (χ4n) is 2.69. The topological polar surface area (TPSA) is 37.0 Å². The second kappa shape index (κ2) is 5.16. The van der Waals surface area contributed by atoms with Crippen LogP contribution in [0.4, 0.5) is 0 Å². The minimum atomic E-state index is 0.0915. The Kier molecular flexibility index (Phi) is 3.52. The van der Waals surface area contributed by atoms with Crippen molar-refractivity contribution >= 4 is 22.5 Å². The van der Waals surface area contributed by atoms with Crippen LogP contribution in [0.25, 0.3) is 10.9 Å². The highest BCUT2D eigenvalue weighted by molar-refractivity contribution is 6.31. The summed E-state index contributed by atoms with van der Waals surface area (Å²) in [7, 11) is 0. The highest BCUT2D eigenvalue weighted by atomic mass is 35.5. The van der Waals surface area contributed by atoms with Gasteiger partial charge in [-0.1, -0.05) is 17.7 Å². The number of hydrogen-bond acceptors (Lipinski definition) is 2. The van der Waals surface area contributed by atoms with Crippen LogP contribution in [0.15, 0.2) is 24.4 Å². The van der Waals surface area contributed by atoms with Gasteiger partial charge in [-0.25, -0.2) is 0 Å². The van der Waals surface area contributed by atoms with Gasteiger partial charge in [0.25, 0.3) is 0 Å². The van der Waals surface area contributed by atoms with Gasteiger partial charge in [0.1, 0.15) is 0 Å². The first-order valence-electron chi connectivity index (χ1n) is 6.75. The van der Waals surface area contributed by atoms with Crippen molar-refractivity contribution in [2.45, 2.75) is 31.8 Å². The van der Waals surface area contributed by atoms with E-state index in [1.807, 2.05) is 12.1 Å². The van der Waals surface area contributed by atoms with Crippen LogP contribution in [0.2, 0.25) is 5.02 Å². The van der Waals surface area contributed by atoms with E-state index in [9.17, 15) is 0 Å². The van der Waals surface area contributed by atoms with Crippen molar-refractivity contribution < 1.29 is 4.74 Å². The lowest BCUT2D eigenvalue weighted by Gasteiger charge is -2.34. The van der Waals surface area contributed by atoms with Crippen molar-refractivity contribution in [1.29, 1.82) is 0 Å². The van der Waals surface area contributed by atoms with Crippen LogP contribution in [0, 0.1) is 0 Å². The predicted octanol–water partition coefficient (Wildman–Crippen LogP) is 3.48. The molecule has 0 radical (unpaired) electrons. The Labute approximate surface area is 118 Å². The lowest BCUT2D eigenvalue weighted by molar-refractivity contribution is 0.0278. The van der Waals surface area contributed by atoms with Crippen molar-refractivity contribution in [3.05, 3.63) is 35.0 Å². The largest absolute Gasteiger partial charge is 0.380 e. The molecule has 0 bridgehead atoms. The monoisotopic (exact) mass is 278 g/mol. The van der Waals surface area contributed by atoms with Crippen LogP contribution >= 0.6 is 11.6 Å². The summed E-state index contributed by atoms with van der Waals surface area (Å²) < 4.78 is 5.57. The zero-order valence-electron chi connectivity index (χ0n) is 11.1. The number of nitrogens with one attached hydrogen (secondary N) is 2. The van der Waals surface area contributed by atoms with Gasteiger partial charge < -0.3 is 15.0 Å². The van der Waals surface area contributed by atoms with E-state index in [-0.39, 0.29) is 5.54 Å². The van der Waals surface area contributed by atoms with E-state index < -0.39 is 0 Å². The lowest BCUT2D eigenvalue weighted by Crippen LogP contribution is -2.48. The molecule has 19 heavy (non-hydrogen) atoms. The van der Waals surface area contributed by atoms with Crippen LogP contribution in [-0.2, 0) is 11.3 Å². The summed E-state index contributed by atoms with van der Waals surface area (Å²) in [6, 6.07) is 5.98. The molecule has 0 saturated carbocycles. The minimum Gasteiger partial charge on any atom is -0.380 e. The number of aromatic nitrogens is 1. The van der Waals surface area contributed by atoms with Gasteiger partial charge in [0.2, 0.25) is 0 Å². The maximum atomic E-state index is 6.00. The third-order valence-electron chi connectivity index (χ3n) is 3.87. The quantitative estimate of drug-likeness (QED) is 0.902. The fraction of sp³-hybridized carbons (Fsp3) is 0.467. The predicted molar refractivity (Wildman–Crippen MR) is 78.6 cm³/mol. The molecule has 1 atom stereocenters. The number of halogens is 1. The SMILES string of the molecule is CC1(NCc2c[nH]c3cc(Cl)ccc23)CCCOC1. The zero-order valence-corrected chi connectivity index (χ0v) is 11.9. The van der Waals surface area contributed by atoms with Gasteiger partial charge in [-0.15, -0.1) is 0 Å². The van der Waals surface area contributed by atoms with E-state index in [1.54, 1.807) is 0 Å². The van der Waals surface area contributed by atoms with Crippen LogP contribution < -0.4 is 5.32 Å². The van der Waals surface area contributed by atoms with E-state index in [0.29, 0.717) is 0 Å². The van der Waals surface area contributed by atoms with Crippen LogP contribution in [0.1, 0.15) is 25.3 Å². The smallest absolute Gasteiger partial charge is 0.0645 e. The Bertz CT molecular complexity index is 573. The normalized spacial score (nSPS) is 23.9. The van der Waals surface area contributed by atoms with E-state index in [2.05, 4.69) is 29.5 Å². The Balaban J connectivity index is 1.74. The van der Waals surface area contributed by atoms with Gasteiger partial charge in [-0.05, 0) is 37.5 Å². The molecule has 2 aromatic rings. The Morgan fingerprint density at radius 2 is 2.37 bits per heavy atom. The fourth-order valence-corrected chi connectivity index (χ4v) is 2.86. The third kappa shape index (κ3) is 2.78. The summed E-state index contributed by atoms with van der Waals surface area (Å²) in [5.41, 5.74) is 2.46. The summed E-state index contributed by atoms with van der Waals surface area (Å²) in [4.78, 5) is 3.27. The van der Waals surface area contributed by atoms with Gasteiger partial charge in [0, 0.05) is 40.8 Å². The van der Waals surface area contributed by atoms with Crippen molar-refractivity contribution in [1.82, 2.24) is 10.3 Å². The zero-order chi connectivity index (χ0) is 13.3. The van der Waals surface area contributed by atoms with Gasteiger partial charge in [0.15, 0.2) is 0 Å². The van der Waals surface area contributed by atoms with Gasteiger partial charge in [-0.3, -0.25) is 0 Å². The minimum absolute atomic E-state index is 0.0915. The Morgan fingerprint density at radius 3 is 3.16 bits per heavy atom. The maximum Gasteiger partial charge on any atom is 0.0645 e.